The first kappa shape index (κ1) is 14.6. The molecule has 0 aliphatic carbocycles. The van der Waals surface area contributed by atoms with E-state index in [4.69, 9.17) is 10.5 Å². The highest BCUT2D eigenvalue weighted by molar-refractivity contribution is 7.13. The van der Waals surface area contributed by atoms with Gasteiger partial charge in [0.05, 0.1) is 12.6 Å². The molecule has 0 saturated carbocycles. The smallest absolute Gasteiger partial charge is 0.434 e. The van der Waals surface area contributed by atoms with Crippen LogP contribution in [-0.4, -0.2) is 17.1 Å². The fraction of sp³-hybridized carbons (Fsp3) is 0.143. The number of rotatable bonds is 2. The van der Waals surface area contributed by atoms with Crippen molar-refractivity contribution >= 4 is 27.9 Å². The van der Waals surface area contributed by atoms with Crippen molar-refractivity contribution in [2.75, 3.05) is 12.8 Å². The van der Waals surface area contributed by atoms with Crippen LogP contribution in [0.2, 0.25) is 0 Å². The number of aromatic nitrogens is 2. The first-order valence-corrected chi connectivity index (χ1v) is 7.04. The van der Waals surface area contributed by atoms with Gasteiger partial charge >= 0.3 is 6.18 Å². The topological polar surface area (TPSA) is 61.0 Å². The number of methoxy groups -OCH3 is 1. The molecule has 0 bridgehead atoms. The molecule has 0 aliphatic rings. The molecule has 1 aromatic carbocycles. The van der Waals surface area contributed by atoms with Gasteiger partial charge in [0.1, 0.15) is 16.5 Å². The molecule has 0 amide bonds. The lowest BCUT2D eigenvalue weighted by Crippen LogP contribution is -2.05. The Hall–Kier alpha value is -2.35. The molecular weight excluding hydrogens is 315 g/mol. The Balaban J connectivity index is 2.13. The Morgan fingerprint density at radius 2 is 1.95 bits per heavy atom. The second-order valence-electron chi connectivity index (χ2n) is 4.52. The Labute approximate surface area is 127 Å². The number of nitrogen functional groups attached to an aromatic ring is 1. The molecular formula is C14H10F3N3OS. The average Bonchev–Trinajstić information content (AvgIpc) is 2.96. The van der Waals surface area contributed by atoms with E-state index < -0.39 is 11.9 Å². The zero-order valence-electron chi connectivity index (χ0n) is 11.3. The number of nitrogens with zero attached hydrogens (tertiary/aromatic N) is 2. The van der Waals surface area contributed by atoms with Gasteiger partial charge in [0.25, 0.3) is 0 Å². The quantitative estimate of drug-likeness (QED) is 0.774. The van der Waals surface area contributed by atoms with Crippen LogP contribution in [0.3, 0.4) is 0 Å². The third kappa shape index (κ3) is 2.57. The van der Waals surface area contributed by atoms with Crippen LogP contribution in [0.1, 0.15) is 5.69 Å². The molecule has 3 aromatic rings. The summed E-state index contributed by atoms with van der Waals surface area (Å²) in [5, 5.41) is 1.84. The van der Waals surface area contributed by atoms with E-state index in [9.17, 15) is 13.2 Å². The Morgan fingerprint density at radius 1 is 1.18 bits per heavy atom. The SMILES string of the molecule is COc1ccc2c(N)cc(-c3nc(C(F)(F)F)cs3)nc2c1. The van der Waals surface area contributed by atoms with E-state index in [1.807, 2.05) is 0 Å². The summed E-state index contributed by atoms with van der Waals surface area (Å²) in [5.74, 6) is 0.590. The zero-order valence-corrected chi connectivity index (χ0v) is 12.1. The molecule has 0 fully saturated rings. The first-order valence-electron chi connectivity index (χ1n) is 6.16. The number of pyridine rings is 1. The largest absolute Gasteiger partial charge is 0.497 e. The summed E-state index contributed by atoms with van der Waals surface area (Å²) in [7, 11) is 1.52. The zero-order chi connectivity index (χ0) is 15.9. The first-order chi connectivity index (χ1) is 10.4. The predicted molar refractivity (Wildman–Crippen MR) is 78.8 cm³/mol. The molecule has 2 N–H and O–H groups in total. The Morgan fingerprint density at radius 3 is 2.59 bits per heavy atom. The van der Waals surface area contributed by atoms with E-state index in [0.29, 0.717) is 28.0 Å². The molecule has 0 atom stereocenters. The number of hydrogen-bond donors (Lipinski definition) is 1. The van der Waals surface area contributed by atoms with Gasteiger partial charge in [-0.25, -0.2) is 9.97 Å². The molecule has 3 rings (SSSR count). The molecule has 114 valence electrons. The van der Waals surface area contributed by atoms with Crippen molar-refractivity contribution in [2.45, 2.75) is 6.18 Å². The molecule has 0 aliphatic heterocycles. The Kier molecular flexibility index (Phi) is 3.40. The van der Waals surface area contributed by atoms with Gasteiger partial charge in [0.2, 0.25) is 0 Å². The minimum absolute atomic E-state index is 0.170. The fourth-order valence-corrected chi connectivity index (χ4v) is 2.78. The van der Waals surface area contributed by atoms with Crippen LogP contribution in [-0.2, 0) is 6.18 Å². The van der Waals surface area contributed by atoms with Crippen molar-refractivity contribution in [1.29, 1.82) is 0 Å². The minimum Gasteiger partial charge on any atom is -0.497 e. The van der Waals surface area contributed by atoms with Crippen LogP contribution < -0.4 is 10.5 Å². The van der Waals surface area contributed by atoms with E-state index in [-0.39, 0.29) is 5.01 Å². The van der Waals surface area contributed by atoms with Crippen molar-refractivity contribution in [3.63, 3.8) is 0 Å². The average molecular weight is 325 g/mol. The van der Waals surface area contributed by atoms with E-state index in [2.05, 4.69) is 9.97 Å². The fourth-order valence-electron chi connectivity index (χ4n) is 1.99. The van der Waals surface area contributed by atoms with Gasteiger partial charge in [-0.1, -0.05) is 0 Å². The van der Waals surface area contributed by atoms with Crippen molar-refractivity contribution in [1.82, 2.24) is 9.97 Å². The van der Waals surface area contributed by atoms with Gasteiger partial charge in [-0.3, -0.25) is 0 Å². The third-order valence-corrected chi connectivity index (χ3v) is 3.93. The highest BCUT2D eigenvalue weighted by Gasteiger charge is 2.34. The second-order valence-corrected chi connectivity index (χ2v) is 5.37. The summed E-state index contributed by atoms with van der Waals surface area (Å²) < 4.78 is 43.0. The summed E-state index contributed by atoms with van der Waals surface area (Å²) in [6, 6.07) is 6.69. The maximum Gasteiger partial charge on any atom is 0.434 e. The number of thiazole rings is 1. The molecule has 2 aromatic heterocycles. The van der Waals surface area contributed by atoms with Gasteiger partial charge in [-0.2, -0.15) is 13.2 Å². The minimum atomic E-state index is -4.47. The standard InChI is InChI=1S/C14H10F3N3OS/c1-21-7-2-3-8-9(18)5-11(19-10(8)4-7)13-20-12(6-22-13)14(15,16)17/h2-6H,1H3,(H2,18,19). The van der Waals surface area contributed by atoms with Crippen LogP contribution in [0.5, 0.6) is 5.75 Å². The van der Waals surface area contributed by atoms with Gasteiger partial charge in [-0.15, -0.1) is 11.3 Å². The molecule has 0 radical (unpaired) electrons. The number of halogens is 3. The van der Waals surface area contributed by atoms with Gasteiger partial charge in [0.15, 0.2) is 5.69 Å². The van der Waals surface area contributed by atoms with Gasteiger partial charge < -0.3 is 10.5 Å². The number of anilines is 1. The van der Waals surface area contributed by atoms with Crippen molar-refractivity contribution in [3.05, 3.63) is 35.3 Å². The molecule has 0 spiro atoms. The second kappa shape index (κ2) is 5.13. The van der Waals surface area contributed by atoms with Crippen LogP contribution in [0.4, 0.5) is 18.9 Å². The van der Waals surface area contributed by atoms with Crippen LogP contribution in [0.15, 0.2) is 29.6 Å². The van der Waals surface area contributed by atoms with Gasteiger partial charge in [-0.05, 0) is 18.2 Å². The number of hydrogen-bond acceptors (Lipinski definition) is 5. The van der Waals surface area contributed by atoms with Crippen LogP contribution in [0, 0.1) is 0 Å². The van der Waals surface area contributed by atoms with E-state index >= 15 is 0 Å². The Bertz CT molecular complexity index is 845. The number of benzene rings is 1. The highest BCUT2D eigenvalue weighted by atomic mass is 32.1. The summed E-state index contributed by atoms with van der Waals surface area (Å²) in [6.07, 6.45) is -4.47. The lowest BCUT2D eigenvalue weighted by Gasteiger charge is -2.06. The molecule has 0 unspecified atom stereocenters. The predicted octanol–water partition coefficient (Wildman–Crippen LogP) is 3.97. The molecule has 0 saturated heterocycles. The normalized spacial score (nSPS) is 11.8. The summed E-state index contributed by atoms with van der Waals surface area (Å²) >= 11 is 0.876. The third-order valence-electron chi connectivity index (χ3n) is 3.06. The number of alkyl halides is 3. The van der Waals surface area contributed by atoms with Crippen molar-refractivity contribution in [2.24, 2.45) is 0 Å². The number of fused-ring (bicyclic) bond motifs is 1. The maximum absolute atomic E-state index is 12.6. The monoisotopic (exact) mass is 325 g/mol. The summed E-state index contributed by atoms with van der Waals surface area (Å²) in [6.45, 7) is 0. The maximum atomic E-state index is 12.6. The molecule has 4 nitrogen and oxygen atoms in total. The van der Waals surface area contributed by atoms with E-state index in [0.717, 1.165) is 16.7 Å². The lowest BCUT2D eigenvalue weighted by atomic mass is 10.1. The molecule has 8 heteroatoms. The summed E-state index contributed by atoms with van der Waals surface area (Å²) in [4.78, 5) is 7.92. The number of nitrogens with two attached hydrogens (primary N) is 1. The lowest BCUT2D eigenvalue weighted by molar-refractivity contribution is -0.140. The molecule has 22 heavy (non-hydrogen) atoms. The van der Waals surface area contributed by atoms with Gasteiger partial charge in [0, 0.05) is 22.5 Å². The van der Waals surface area contributed by atoms with E-state index in [1.165, 1.54) is 13.2 Å². The highest BCUT2D eigenvalue weighted by Crippen LogP contribution is 2.35. The van der Waals surface area contributed by atoms with Crippen molar-refractivity contribution in [3.8, 4) is 16.5 Å². The summed E-state index contributed by atoms with van der Waals surface area (Å²) in [5.41, 5.74) is 6.29. The molecule has 2 heterocycles. The number of ether oxygens (including phenoxy) is 1. The van der Waals surface area contributed by atoms with Crippen LogP contribution >= 0.6 is 11.3 Å². The van der Waals surface area contributed by atoms with E-state index in [1.54, 1.807) is 18.2 Å². The van der Waals surface area contributed by atoms with Crippen LogP contribution in [0.25, 0.3) is 21.6 Å². The van der Waals surface area contributed by atoms with Crippen molar-refractivity contribution < 1.29 is 17.9 Å².